The molecule has 0 aliphatic rings. The highest BCUT2D eigenvalue weighted by Crippen LogP contribution is 2.25. The first-order valence-corrected chi connectivity index (χ1v) is 5.21. The molecule has 3 rings (SSSR count). The molecule has 0 unspecified atom stereocenters. The van der Waals surface area contributed by atoms with Crippen LogP contribution in [0.3, 0.4) is 0 Å². The summed E-state index contributed by atoms with van der Waals surface area (Å²) in [6, 6.07) is 6.99. The van der Waals surface area contributed by atoms with Crippen molar-refractivity contribution in [2.75, 3.05) is 7.11 Å². The lowest BCUT2D eigenvalue weighted by molar-refractivity contribution is 0.185. The van der Waals surface area contributed by atoms with Crippen molar-refractivity contribution < 1.29 is 13.6 Å². The van der Waals surface area contributed by atoms with Crippen molar-refractivity contribution in [3.63, 3.8) is 0 Å². The molecule has 4 heteroatoms. The van der Waals surface area contributed by atoms with E-state index in [0.717, 1.165) is 16.3 Å². The van der Waals surface area contributed by atoms with Crippen molar-refractivity contribution in [1.82, 2.24) is 0 Å². The first-order chi connectivity index (χ1) is 8.28. The Balaban J connectivity index is 2.42. The molecule has 0 aliphatic heterocycles. The van der Waals surface area contributed by atoms with Gasteiger partial charge in [0.05, 0.1) is 12.9 Å². The summed E-state index contributed by atoms with van der Waals surface area (Å²) in [6.07, 6.45) is 1.61. The van der Waals surface area contributed by atoms with Gasteiger partial charge in [0, 0.05) is 30.0 Å². The Morgan fingerprint density at radius 3 is 2.94 bits per heavy atom. The zero-order valence-electron chi connectivity index (χ0n) is 9.23. The zero-order chi connectivity index (χ0) is 11.8. The smallest absolute Gasteiger partial charge is 0.336 e. The van der Waals surface area contributed by atoms with Gasteiger partial charge in [0.2, 0.25) is 0 Å². The van der Waals surface area contributed by atoms with Crippen LogP contribution in [-0.4, -0.2) is 7.11 Å². The van der Waals surface area contributed by atoms with E-state index in [9.17, 15) is 4.79 Å². The molecule has 0 N–H and O–H groups in total. The zero-order valence-corrected chi connectivity index (χ0v) is 9.23. The number of hydrogen-bond donors (Lipinski definition) is 0. The Bertz CT molecular complexity index is 736. The van der Waals surface area contributed by atoms with Gasteiger partial charge >= 0.3 is 5.63 Å². The molecule has 3 aromatic rings. The minimum absolute atomic E-state index is 0.379. The average molecular weight is 230 g/mol. The predicted octanol–water partition coefficient (Wildman–Crippen LogP) is 2.69. The third-order valence-electron chi connectivity index (χ3n) is 2.70. The lowest BCUT2D eigenvalue weighted by Gasteiger charge is -2.03. The summed E-state index contributed by atoms with van der Waals surface area (Å²) in [5.41, 5.74) is 1.67. The predicted molar refractivity (Wildman–Crippen MR) is 63.0 cm³/mol. The van der Waals surface area contributed by atoms with Crippen LogP contribution in [0.25, 0.3) is 21.9 Å². The van der Waals surface area contributed by atoms with Crippen LogP contribution < -0.4 is 5.63 Å². The van der Waals surface area contributed by atoms with Crippen molar-refractivity contribution in [1.29, 1.82) is 0 Å². The fourth-order valence-corrected chi connectivity index (χ4v) is 1.96. The Hall–Kier alpha value is -2.07. The first kappa shape index (κ1) is 10.1. The molecule has 17 heavy (non-hydrogen) atoms. The average Bonchev–Trinajstić information content (AvgIpc) is 2.73. The van der Waals surface area contributed by atoms with E-state index in [0.29, 0.717) is 17.8 Å². The van der Waals surface area contributed by atoms with Crippen molar-refractivity contribution in [3.05, 3.63) is 46.5 Å². The first-order valence-electron chi connectivity index (χ1n) is 5.21. The summed E-state index contributed by atoms with van der Waals surface area (Å²) in [4.78, 5) is 11.4. The van der Waals surface area contributed by atoms with Gasteiger partial charge in [0.15, 0.2) is 0 Å². The minimum atomic E-state index is -0.379. The number of fused-ring (bicyclic) bond motifs is 2. The van der Waals surface area contributed by atoms with Crippen LogP contribution >= 0.6 is 0 Å². The van der Waals surface area contributed by atoms with Crippen molar-refractivity contribution >= 4 is 21.9 Å². The summed E-state index contributed by atoms with van der Waals surface area (Å²) in [7, 11) is 1.59. The SMILES string of the molecule is COCc1cc(=O)oc2cc3occc3cc12. The van der Waals surface area contributed by atoms with E-state index in [-0.39, 0.29) is 5.63 Å². The second-order valence-corrected chi connectivity index (χ2v) is 3.83. The molecule has 0 saturated carbocycles. The molecule has 86 valence electrons. The normalized spacial score (nSPS) is 11.4. The van der Waals surface area contributed by atoms with E-state index in [4.69, 9.17) is 13.6 Å². The summed E-state index contributed by atoms with van der Waals surface area (Å²) in [5, 5.41) is 1.85. The number of methoxy groups -OCH3 is 1. The van der Waals surface area contributed by atoms with E-state index < -0.39 is 0 Å². The van der Waals surface area contributed by atoms with E-state index >= 15 is 0 Å². The van der Waals surface area contributed by atoms with Crippen LogP contribution in [0.15, 0.2) is 44.2 Å². The fraction of sp³-hybridized carbons (Fsp3) is 0.154. The monoisotopic (exact) mass is 230 g/mol. The van der Waals surface area contributed by atoms with E-state index in [2.05, 4.69) is 0 Å². The lowest BCUT2D eigenvalue weighted by Crippen LogP contribution is -2.01. The van der Waals surface area contributed by atoms with Gasteiger partial charge in [-0.25, -0.2) is 4.79 Å². The highest BCUT2D eigenvalue weighted by atomic mass is 16.5. The van der Waals surface area contributed by atoms with Gasteiger partial charge < -0.3 is 13.6 Å². The summed E-state index contributed by atoms with van der Waals surface area (Å²) >= 11 is 0. The van der Waals surface area contributed by atoms with Gasteiger partial charge in [0.25, 0.3) is 0 Å². The highest BCUT2D eigenvalue weighted by molar-refractivity contribution is 5.94. The fourth-order valence-electron chi connectivity index (χ4n) is 1.96. The summed E-state index contributed by atoms with van der Waals surface area (Å²) in [6.45, 7) is 0.380. The van der Waals surface area contributed by atoms with Crippen molar-refractivity contribution in [2.24, 2.45) is 0 Å². The van der Waals surface area contributed by atoms with Gasteiger partial charge in [-0.2, -0.15) is 0 Å². The van der Waals surface area contributed by atoms with E-state index in [1.54, 1.807) is 19.4 Å². The molecule has 2 heterocycles. The van der Waals surface area contributed by atoms with Gasteiger partial charge in [-0.1, -0.05) is 0 Å². The van der Waals surface area contributed by atoms with Gasteiger partial charge in [-0.3, -0.25) is 0 Å². The molecule has 0 atom stereocenters. The van der Waals surface area contributed by atoms with Crippen LogP contribution in [0.4, 0.5) is 0 Å². The second-order valence-electron chi connectivity index (χ2n) is 3.83. The highest BCUT2D eigenvalue weighted by Gasteiger charge is 2.08. The van der Waals surface area contributed by atoms with Gasteiger partial charge in [-0.05, 0) is 17.7 Å². The number of rotatable bonds is 2. The molecule has 1 aromatic carbocycles. The molecule has 0 bridgehead atoms. The Morgan fingerprint density at radius 2 is 2.12 bits per heavy atom. The third kappa shape index (κ3) is 1.62. The third-order valence-corrected chi connectivity index (χ3v) is 2.70. The lowest BCUT2D eigenvalue weighted by atomic mass is 10.1. The van der Waals surface area contributed by atoms with Crippen LogP contribution in [0.2, 0.25) is 0 Å². The topological polar surface area (TPSA) is 52.6 Å². The van der Waals surface area contributed by atoms with Gasteiger partial charge in [-0.15, -0.1) is 0 Å². The number of furan rings is 1. The second kappa shape index (κ2) is 3.75. The maximum atomic E-state index is 11.4. The van der Waals surface area contributed by atoms with Crippen LogP contribution in [-0.2, 0) is 11.3 Å². The number of hydrogen-bond acceptors (Lipinski definition) is 4. The van der Waals surface area contributed by atoms with Crippen molar-refractivity contribution in [2.45, 2.75) is 6.61 Å². The summed E-state index contributed by atoms with van der Waals surface area (Å²) < 4.78 is 15.5. The van der Waals surface area contributed by atoms with Crippen molar-refractivity contribution in [3.8, 4) is 0 Å². The largest absolute Gasteiger partial charge is 0.464 e. The molecule has 0 saturated heterocycles. The van der Waals surface area contributed by atoms with Crippen LogP contribution in [0.1, 0.15) is 5.56 Å². The molecule has 0 spiro atoms. The Morgan fingerprint density at radius 1 is 1.24 bits per heavy atom. The van der Waals surface area contributed by atoms with Crippen LogP contribution in [0, 0.1) is 0 Å². The quantitative estimate of drug-likeness (QED) is 0.635. The molecular formula is C13H10O4. The molecule has 0 radical (unpaired) electrons. The number of ether oxygens (including phenoxy) is 1. The molecule has 2 aromatic heterocycles. The Kier molecular flexibility index (Phi) is 2.23. The molecule has 4 nitrogen and oxygen atoms in total. The molecule has 0 fully saturated rings. The van der Waals surface area contributed by atoms with E-state index in [1.807, 2.05) is 12.1 Å². The molecule has 0 aliphatic carbocycles. The maximum Gasteiger partial charge on any atom is 0.336 e. The standard InChI is InChI=1S/C13H10O4/c1-15-7-9-5-13(14)17-12-6-11-8(2-3-16-11)4-10(9)12/h2-6H,7H2,1H3. The minimum Gasteiger partial charge on any atom is -0.464 e. The summed E-state index contributed by atoms with van der Waals surface area (Å²) in [5.74, 6) is 0. The van der Waals surface area contributed by atoms with Gasteiger partial charge in [0.1, 0.15) is 11.2 Å². The maximum absolute atomic E-state index is 11.4. The number of benzene rings is 1. The van der Waals surface area contributed by atoms with Crippen LogP contribution in [0.5, 0.6) is 0 Å². The molecular weight excluding hydrogens is 220 g/mol. The Labute approximate surface area is 96.4 Å². The van der Waals surface area contributed by atoms with E-state index in [1.165, 1.54) is 6.07 Å². The molecule has 0 amide bonds.